The van der Waals surface area contributed by atoms with E-state index in [9.17, 15) is 18.0 Å². The molecule has 11 nitrogen and oxygen atoms in total. The van der Waals surface area contributed by atoms with Crippen LogP contribution in [0, 0.1) is 5.41 Å². The summed E-state index contributed by atoms with van der Waals surface area (Å²) < 4.78 is 40.5. The van der Waals surface area contributed by atoms with E-state index in [-0.39, 0.29) is 54.1 Å². The Kier molecular flexibility index (Phi) is 8.35. The second-order valence-electron chi connectivity index (χ2n) is 9.80. The van der Waals surface area contributed by atoms with Gasteiger partial charge in [-0.3, -0.25) is 15.0 Å². The van der Waals surface area contributed by atoms with Gasteiger partial charge in [0.1, 0.15) is 11.5 Å². The lowest BCUT2D eigenvalue weighted by molar-refractivity contribution is 0.0949. The van der Waals surface area contributed by atoms with Gasteiger partial charge in [0, 0.05) is 30.3 Å². The minimum atomic E-state index is -3.86. The monoisotopic (exact) mass is 546 g/mol. The van der Waals surface area contributed by atoms with E-state index in [2.05, 4.69) is 10.3 Å². The van der Waals surface area contributed by atoms with Crippen LogP contribution in [0.3, 0.4) is 0 Å². The predicted molar refractivity (Wildman–Crippen MR) is 142 cm³/mol. The normalized spacial score (nSPS) is 13.2. The summed E-state index contributed by atoms with van der Waals surface area (Å²) in [5.41, 5.74) is 1.26. The molecule has 1 aromatic heterocycles. The van der Waals surface area contributed by atoms with Gasteiger partial charge in [-0.05, 0) is 37.5 Å². The van der Waals surface area contributed by atoms with E-state index in [0.29, 0.717) is 29.2 Å². The van der Waals surface area contributed by atoms with Gasteiger partial charge in [0.15, 0.2) is 28.7 Å². The summed E-state index contributed by atoms with van der Waals surface area (Å²) in [6.45, 7) is 9.82. The van der Waals surface area contributed by atoms with Crippen LogP contribution < -0.4 is 19.0 Å². The van der Waals surface area contributed by atoms with Gasteiger partial charge in [0.2, 0.25) is 0 Å². The predicted octanol–water partition coefficient (Wildman–Crippen LogP) is 2.90. The van der Waals surface area contributed by atoms with Crippen molar-refractivity contribution in [2.24, 2.45) is 0 Å². The Morgan fingerprint density at radius 3 is 2.29 bits per heavy atom. The van der Waals surface area contributed by atoms with E-state index in [1.54, 1.807) is 30.9 Å². The van der Waals surface area contributed by atoms with Crippen LogP contribution in [0.25, 0.3) is 0 Å². The molecule has 1 aliphatic rings. The van der Waals surface area contributed by atoms with Crippen molar-refractivity contribution in [2.45, 2.75) is 46.6 Å². The number of carbonyl (C=O) groups excluding carboxylic acids is 2. The fourth-order valence-electron chi connectivity index (χ4n) is 4.06. The molecule has 0 atom stereocenters. The first-order valence-corrected chi connectivity index (χ1v) is 14.0. The molecule has 0 fully saturated rings. The number of amidine groups is 1. The number of nitrogens with zero attached hydrogens (tertiary/aromatic N) is 2. The highest BCUT2D eigenvalue weighted by Crippen LogP contribution is 2.41. The van der Waals surface area contributed by atoms with Gasteiger partial charge in [-0.15, -0.1) is 0 Å². The van der Waals surface area contributed by atoms with Crippen molar-refractivity contribution in [3.8, 4) is 17.2 Å². The molecule has 1 aromatic carbocycles. The summed E-state index contributed by atoms with van der Waals surface area (Å²) in [7, 11) is -2.37. The Labute approximate surface area is 223 Å². The number of nitrogens with one attached hydrogen (secondary N) is 2. The molecular formula is C26H34N4O7S. The van der Waals surface area contributed by atoms with Crippen LogP contribution in [-0.2, 0) is 22.1 Å². The highest BCUT2D eigenvalue weighted by Gasteiger charge is 2.32. The molecule has 206 valence electrons. The summed E-state index contributed by atoms with van der Waals surface area (Å²) in [6.07, 6.45) is 0.950. The number of ketones is 1. The molecule has 1 aliphatic heterocycles. The molecule has 38 heavy (non-hydrogen) atoms. The molecule has 0 saturated heterocycles. The first-order valence-electron chi connectivity index (χ1n) is 12.2. The Hall–Kier alpha value is -3.67. The summed E-state index contributed by atoms with van der Waals surface area (Å²) in [6, 6.07) is 4.74. The van der Waals surface area contributed by atoms with Gasteiger partial charge < -0.3 is 23.9 Å². The third-order valence-corrected chi connectivity index (χ3v) is 6.23. The number of rotatable bonds is 10. The largest absolute Gasteiger partial charge is 0.491 e. The molecule has 0 aliphatic carbocycles. The summed E-state index contributed by atoms with van der Waals surface area (Å²) >= 11 is 0. The topological polar surface area (TPSA) is 148 Å². The molecule has 2 heterocycles. The SMILES string of the molecule is CCOc1cc2c(nc1C(=O)NC)C(=N)N(CC(=O)c1cc(OCC)c(OS(C)(=O)=O)c(C(C)(C)C)c1)C2. The number of amides is 1. The van der Waals surface area contributed by atoms with E-state index in [4.69, 9.17) is 19.1 Å². The third-order valence-electron chi connectivity index (χ3n) is 5.76. The van der Waals surface area contributed by atoms with Crippen molar-refractivity contribution >= 4 is 27.6 Å². The molecule has 0 spiro atoms. The third kappa shape index (κ3) is 6.24. The van der Waals surface area contributed by atoms with Crippen LogP contribution in [0.2, 0.25) is 0 Å². The van der Waals surface area contributed by atoms with Crippen molar-refractivity contribution in [3.05, 3.63) is 46.3 Å². The Bertz CT molecular complexity index is 1380. The quantitative estimate of drug-likeness (QED) is 0.339. The number of Topliss-reactive ketones (excluding diaryl/α,β-unsaturated/α-hetero) is 1. The molecule has 1 amide bonds. The van der Waals surface area contributed by atoms with E-state index in [1.165, 1.54) is 13.1 Å². The van der Waals surface area contributed by atoms with E-state index in [0.717, 1.165) is 6.26 Å². The number of hydrogen-bond acceptors (Lipinski definition) is 9. The maximum Gasteiger partial charge on any atom is 0.306 e. The molecule has 0 radical (unpaired) electrons. The molecule has 2 N–H and O–H groups in total. The van der Waals surface area contributed by atoms with Crippen LogP contribution in [0.4, 0.5) is 0 Å². The van der Waals surface area contributed by atoms with Crippen molar-refractivity contribution in [2.75, 3.05) is 33.1 Å². The molecule has 0 saturated carbocycles. The van der Waals surface area contributed by atoms with Crippen LogP contribution >= 0.6 is 0 Å². The van der Waals surface area contributed by atoms with Gasteiger partial charge in [0.25, 0.3) is 5.91 Å². The van der Waals surface area contributed by atoms with Crippen molar-refractivity contribution in [3.63, 3.8) is 0 Å². The second kappa shape index (κ2) is 11.0. The van der Waals surface area contributed by atoms with E-state index < -0.39 is 21.4 Å². The van der Waals surface area contributed by atoms with Gasteiger partial charge in [-0.1, -0.05) is 20.8 Å². The lowest BCUT2D eigenvalue weighted by atomic mass is 9.84. The van der Waals surface area contributed by atoms with Crippen molar-refractivity contribution < 1.29 is 31.7 Å². The lowest BCUT2D eigenvalue weighted by Crippen LogP contribution is -2.31. The highest BCUT2D eigenvalue weighted by molar-refractivity contribution is 7.86. The zero-order chi connectivity index (χ0) is 28.4. The van der Waals surface area contributed by atoms with Gasteiger partial charge in [-0.25, -0.2) is 4.98 Å². The van der Waals surface area contributed by atoms with E-state index in [1.807, 2.05) is 20.8 Å². The smallest absolute Gasteiger partial charge is 0.306 e. The van der Waals surface area contributed by atoms with E-state index >= 15 is 0 Å². The number of hydrogen-bond donors (Lipinski definition) is 2. The molecule has 3 rings (SSSR count). The number of fused-ring (bicyclic) bond motifs is 1. The first-order chi connectivity index (χ1) is 17.7. The zero-order valence-corrected chi connectivity index (χ0v) is 23.5. The number of ether oxygens (including phenoxy) is 2. The Morgan fingerprint density at radius 1 is 1.11 bits per heavy atom. The maximum absolute atomic E-state index is 13.5. The van der Waals surface area contributed by atoms with Gasteiger partial charge >= 0.3 is 10.1 Å². The van der Waals surface area contributed by atoms with Crippen LogP contribution in [0.5, 0.6) is 17.2 Å². The average molecular weight is 547 g/mol. The number of pyridine rings is 1. The molecule has 12 heteroatoms. The molecule has 0 bridgehead atoms. The van der Waals surface area contributed by atoms with Gasteiger partial charge in [0.05, 0.1) is 26.0 Å². The molecular weight excluding hydrogens is 512 g/mol. The zero-order valence-electron chi connectivity index (χ0n) is 22.7. The average Bonchev–Trinajstić information content (AvgIpc) is 3.11. The molecule has 2 aromatic rings. The lowest BCUT2D eigenvalue weighted by Gasteiger charge is -2.25. The maximum atomic E-state index is 13.5. The number of aromatic nitrogens is 1. The van der Waals surface area contributed by atoms with Gasteiger partial charge in [-0.2, -0.15) is 8.42 Å². The Morgan fingerprint density at radius 2 is 1.74 bits per heavy atom. The standard InChI is InChI=1S/C26H34N4O7S/c1-8-35-19-12-16-13-30(24(27)21(16)29-22(19)25(32)28-6)14-18(31)15-10-17(26(3,4)5)23(37-38(7,33)34)20(11-15)36-9-2/h10-12,27H,8-9,13-14H2,1-7H3,(H,28,32). The van der Waals surface area contributed by atoms with Crippen LogP contribution in [0.1, 0.15) is 72.3 Å². The van der Waals surface area contributed by atoms with Crippen molar-refractivity contribution in [1.29, 1.82) is 5.41 Å². The minimum absolute atomic E-state index is 0.0136. The highest BCUT2D eigenvalue weighted by atomic mass is 32.2. The van der Waals surface area contributed by atoms with Crippen LogP contribution in [0.15, 0.2) is 18.2 Å². The number of benzene rings is 1. The fraction of sp³-hybridized carbons (Fsp3) is 0.462. The fourth-order valence-corrected chi connectivity index (χ4v) is 4.53. The summed E-state index contributed by atoms with van der Waals surface area (Å²) in [5.74, 6) is -0.227. The van der Waals surface area contributed by atoms with Crippen molar-refractivity contribution in [1.82, 2.24) is 15.2 Å². The minimum Gasteiger partial charge on any atom is -0.491 e. The first kappa shape index (κ1) is 28.9. The summed E-state index contributed by atoms with van der Waals surface area (Å²) in [4.78, 5) is 31.7. The second-order valence-corrected chi connectivity index (χ2v) is 11.4. The summed E-state index contributed by atoms with van der Waals surface area (Å²) in [5, 5.41) is 11.1. The number of carbonyl (C=O) groups is 2. The molecule has 0 unspecified atom stereocenters. The van der Waals surface area contributed by atoms with Crippen LogP contribution in [-0.4, -0.2) is 68.9 Å². The Balaban J connectivity index is 1.98.